The second kappa shape index (κ2) is 7.58. The van der Waals surface area contributed by atoms with Gasteiger partial charge >= 0.3 is 6.16 Å². The van der Waals surface area contributed by atoms with Gasteiger partial charge in [0, 0.05) is 0 Å². The molecule has 0 radical (unpaired) electrons. The molecular weight excluding hydrogens is 188 g/mol. The van der Waals surface area contributed by atoms with Crippen LogP contribution in [0.2, 0.25) is 0 Å². The monoisotopic (exact) mass is 206 g/mol. The second-order valence-electron chi connectivity index (χ2n) is 3.00. The minimum Gasteiger partial charge on any atom is -0.432 e. The van der Waals surface area contributed by atoms with Gasteiger partial charge in [0.25, 0.3) is 0 Å². The summed E-state index contributed by atoms with van der Waals surface area (Å²) < 4.78 is 9.13. The summed E-state index contributed by atoms with van der Waals surface area (Å²) in [5, 5.41) is 18.1. The van der Waals surface area contributed by atoms with Gasteiger partial charge < -0.3 is 19.7 Å². The van der Waals surface area contributed by atoms with Crippen LogP contribution in [-0.4, -0.2) is 41.8 Å². The van der Waals surface area contributed by atoms with E-state index in [1.165, 1.54) is 0 Å². The molecule has 2 N–H and O–H groups in total. The molecule has 0 aromatic rings. The fraction of sp³-hybridized carbons (Fsp3) is 0.889. The summed E-state index contributed by atoms with van der Waals surface area (Å²) in [4.78, 5) is 10.8. The third kappa shape index (κ3) is 6.68. The Bertz CT molecular complexity index is 143. The van der Waals surface area contributed by atoms with Crippen LogP contribution in [0.5, 0.6) is 0 Å². The van der Waals surface area contributed by atoms with Crippen LogP contribution in [0.4, 0.5) is 4.79 Å². The van der Waals surface area contributed by atoms with Crippen LogP contribution in [-0.2, 0) is 9.47 Å². The molecular formula is C9H18O5. The summed E-state index contributed by atoms with van der Waals surface area (Å²) in [6.45, 7) is 3.41. The smallest absolute Gasteiger partial charge is 0.432 e. The lowest BCUT2D eigenvalue weighted by molar-refractivity contribution is -0.00304. The number of carbonyl (C=O) groups is 1. The topological polar surface area (TPSA) is 76.0 Å². The third-order valence-corrected chi connectivity index (χ3v) is 1.73. The lowest BCUT2D eigenvalue weighted by Gasteiger charge is -2.11. The Labute approximate surface area is 83.6 Å². The Morgan fingerprint density at radius 2 is 1.43 bits per heavy atom. The maximum absolute atomic E-state index is 10.8. The van der Waals surface area contributed by atoms with Gasteiger partial charge in [-0.3, -0.25) is 0 Å². The van der Waals surface area contributed by atoms with Crippen molar-refractivity contribution in [2.24, 2.45) is 0 Å². The summed E-state index contributed by atoms with van der Waals surface area (Å²) in [6, 6.07) is 0. The fourth-order valence-electron chi connectivity index (χ4n) is 0.606. The van der Waals surface area contributed by atoms with Crippen LogP contribution in [0, 0.1) is 0 Å². The molecule has 0 spiro atoms. The van der Waals surface area contributed by atoms with Gasteiger partial charge in [0.15, 0.2) is 0 Å². The van der Waals surface area contributed by atoms with Crippen LogP contribution < -0.4 is 0 Å². The molecule has 2 atom stereocenters. The fourth-order valence-corrected chi connectivity index (χ4v) is 0.606. The zero-order valence-electron chi connectivity index (χ0n) is 8.60. The van der Waals surface area contributed by atoms with E-state index in [1.807, 2.05) is 0 Å². The Hall–Kier alpha value is -0.810. The predicted molar refractivity (Wildman–Crippen MR) is 49.9 cm³/mol. The predicted octanol–water partition coefficient (Wildman–Crippen LogP) is 0.681. The summed E-state index contributed by atoms with van der Waals surface area (Å²) in [6.07, 6.45) is -1.13. The van der Waals surface area contributed by atoms with Gasteiger partial charge in [-0.05, 0) is 12.8 Å². The largest absolute Gasteiger partial charge is 0.508 e. The van der Waals surface area contributed by atoms with E-state index in [-0.39, 0.29) is 13.2 Å². The second-order valence-corrected chi connectivity index (χ2v) is 3.00. The third-order valence-electron chi connectivity index (χ3n) is 1.73. The van der Waals surface area contributed by atoms with Crippen molar-refractivity contribution in [1.29, 1.82) is 0 Å². The summed E-state index contributed by atoms with van der Waals surface area (Å²) in [5.74, 6) is 0. The molecule has 0 aromatic carbocycles. The van der Waals surface area contributed by atoms with Crippen molar-refractivity contribution in [1.82, 2.24) is 0 Å². The van der Waals surface area contributed by atoms with Crippen molar-refractivity contribution >= 4 is 6.16 Å². The molecule has 0 fully saturated rings. The maximum Gasteiger partial charge on any atom is 0.508 e. The van der Waals surface area contributed by atoms with Gasteiger partial charge in [-0.1, -0.05) is 13.8 Å². The number of rotatable bonds is 6. The van der Waals surface area contributed by atoms with Crippen molar-refractivity contribution in [2.45, 2.75) is 38.9 Å². The van der Waals surface area contributed by atoms with E-state index in [0.717, 1.165) is 0 Å². The minimum absolute atomic E-state index is 0.0719. The van der Waals surface area contributed by atoms with Crippen LogP contribution >= 0.6 is 0 Å². The van der Waals surface area contributed by atoms with Gasteiger partial charge in [0.2, 0.25) is 0 Å². The lowest BCUT2D eigenvalue weighted by atomic mass is 10.3. The molecule has 0 bridgehead atoms. The van der Waals surface area contributed by atoms with Crippen LogP contribution in [0.25, 0.3) is 0 Å². The van der Waals surface area contributed by atoms with Gasteiger partial charge in [0.1, 0.15) is 13.2 Å². The van der Waals surface area contributed by atoms with Crippen molar-refractivity contribution in [3.63, 3.8) is 0 Å². The molecule has 0 rings (SSSR count). The normalized spacial score (nSPS) is 14.6. The number of aliphatic hydroxyl groups is 2. The zero-order chi connectivity index (χ0) is 11.0. The van der Waals surface area contributed by atoms with Crippen LogP contribution in [0.15, 0.2) is 0 Å². The van der Waals surface area contributed by atoms with E-state index < -0.39 is 18.4 Å². The van der Waals surface area contributed by atoms with Gasteiger partial charge in [-0.25, -0.2) is 4.79 Å². The number of carbonyl (C=O) groups excluding carboxylic acids is 1. The zero-order valence-corrected chi connectivity index (χ0v) is 8.60. The summed E-state index contributed by atoms with van der Waals surface area (Å²) in [7, 11) is 0. The van der Waals surface area contributed by atoms with Crippen molar-refractivity contribution < 1.29 is 24.5 Å². The first-order chi connectivity index (χ1) is 6.60. The average Bonchev–Trinajstić information content (AvgIpc) is 2.22. The molecule has 0 aliphatic rings. The first kappa shape index (κ1) is 13.2. The summed E-state index contributed by atoms with van der Waals surface area (Å²) in [5.41, 5.74) is 0. The Kier molecular flexibility index (Phi) is 7.14. The van der Waals surface area contributed by atoms with Gasteiger partial charge in [-0.2, -0.15) is 0 Å². The highest BCUT2D eigenvalue weighted by atomic mass is 16.7. The number of hydrogen-bond donors (Lipinski definition) is 2. The van der Waals surface area contributed by atoms with E-state index in [0.29, 0.717) is 12.8 Å². The molecule has 5 nitrogen and oxygen atoms in total. The quantitative estimate of drug-likeness (QED) is 0.625. The SMILES string of the molecule is CCC(O)COC(=O)OCC(O)CC. The standard InChI is InChI=1S/C9H18O5/c1-3-7(10)5-13-9(12)14-6-8(11)4-2/h7-8,10-11H,3-6H2,1-2H3. The molecule has 84 valence electrons. The number of aliphatic hydroxyl groups excluding tert-OH is 2. The highest BCUT2D eigenvalue weighted by molar-refractivity contribution is 5.59. The molecule has 14 heavy (non-hydrogen) atoms. The number of hydrogen-bond acceptors (Lipinski definition) is 5. The van der Waals surface area contributed by atoms with E-state index in [4.69, 9.17) is 10.2 Å². The molecule has 0 aliphatic heterocycles. The molecule has 0 aromatic heterocycles. The molecule has 5 heteroatoms. The Balaban J connectivity index is 3.46. The maximum atomic E-state index is 10.8. The summed E-state index contributed by atoms with van der Waals surface area (Å²) >= 11 is 0. The molecule has 0 saturated heterocycles. The first-order valence-corrected chi connectivity index (χ1v) is 4.75. The van der Waals surface area contributed by atoms with Gasteiger partial charge in [-0.15, -0.1) is 0 Å². The van der Waals surface area contributed by atoms with E-state index >= 15 is 0 Å². The highest BCUT2D eigenvalue weighted by Gasteiger charge is 2.10. The van der Waals surface area contributed by atoms with Crippen molar-refractivity contribution in [2.75, 3.05) is 13.2 Å². The van der Waals surface area contributed by atoms with Crippen molar-refractivity contribution in [3.05, 3.63) is 0 Å². The average molecular weight is 206 g/mol. The van der Waals surface area contributed by atoms with Gasteiger partial charge in [0.05, 0.1) is 12.2 Å². The lowest BCUT2D eigenvalue weighted by Crippen LogP contribution is -2.22. The molecule has 0 heterocycles. The van der Waals surface area contributed by atoms with E-state index in [9.17, 15) is 4.79 Å². The molecule has 2 unspecified atom stereocenters. The Morgan fingerprint density at radius 1 is 1.07 bits per heavy atom. The molecule has 0 aliphatic carbocycles. The van der Waals surface area contributed by atoms with Crippen molar-refractivity contribution in [3.8, 4) is 0 Å². The Morgan fingerprint density at radius 3 is 1.71 bits per heavy atom. The molecule has 0 amide bonds. The van der Waals surface area contributed by atoms with Crippen LogP contribution in [0.1, 0.15) is 26.7 Å². The molecule has 0 saturated carbocycles. The highest BCUT2D eigenvalue weighted by Crippen LogP contribution is 1.96. The van der Waals surface area contributed by atoms with E-state index in [1.54, 1.807) is 13.8 Å². The first-order valence-electron chi connectivity index (χ1n) is 4.75. The number of ether oxygens (including phenoxy) is 2. The minimum atomic E-state index is -0.856. The van der Waals surface area contributed by atoms with Crippen LogP contribution in [0.3, 0.4) is 0 Å². The van der Waals surface area contributed by atoms with E-state index in [2.05, 4.69) is 9.47 Å².